The number of nitrogens with zero attached hydrogens (tertiary/aromatic N) is 7. The highest BCUT2D eigenvalue weighted by atomic mass is 16.5. The summed E-state index contributed by atoms with van der Waals surface area (Å²) >= 11 is 0. The lowest BCUT2D eigenvalue weighted by Gasteiger charge is -2.31. The van der Waals surface area contributed by atoms with E-state index in [1.54, 1.807) is 49.8 Å². The fourth-order valence-corrected chi connectivity index (χ4v) is 5.26. The van der Waals surface area contributed by atoms with E-state index in [9.17, 15) is 9.59 Å². The molecular formula is C31H30N8O3. The molecule has 0 radical (unpaired) electrons. The number of nitrogens with one attached hydrogen (secondary N) is 1. The average molecular weight is 563 g/mol. The molecule has 11 heteroatoms. The van der Waals surface area contributed by atoms with Crippen LogP contribution in [0.15, 0.2) is 85.2 Å². The smallest absolute Gasteiger partial charge is 0.251 e. The summed E-state index contributed by atoms with van der Waals surface area (Å²) < 4.78 is 5.22. The molecule has 3 aromatic heterocycles. The lowest BCUT2D eigenvalue weighted by atomic mass is 10.1. The summed E-state index contributed by atoms with van der Waals surface area (Å²) in [5.74, 6) is 0.359. The van der Waals surface area contributed by atoms with E-state index in [-0.39, 0.29) is 18.5 Å². The van der Waals surface area contributed by atoms with Crippen molar-refractivity contribution in [2.75, 3.05) is 12.0 Å². The number of tetrazole rings is 1. The van der Waals surface area contributed by atoms with Gasteiger partial charge in [0, 0.05) is 23.2 Å². The number of aromatic nitrogens is 6. The molecule has 5 aromatic rings. The third-order valence-corrected chi connectivity index (χ3v) is 7.38. The number of hydrogen-bond acceptors (Lipinski definition) is 8. The molecule has 212 valence electrons. The summed E-state index contributed by atoms with van der Waals surface area (Å²) in [6.07, 6.45) is 7.16. The Hall–Kier alpha value is -5.19. The Balaban J connectivity index is 1.37. The minimum Gasteiger partial charge on any atom is -0.497 e. The Kier molecular flexibility index (Phi) is 7.80. The number of benzene rings is 2. The Bertz CT molecular complexity index is 1680. The van der Waals surface area contributed by atoms with Gasteiger partial charge in [-0.2, -0.15) is 4.80 Å². The van der Waals surface area contributed by atoms with Crippen LogP contribution in [-0.2, 0) is 16.1 Å². The SMILES string of the molecule is COc1ccc(-c2nnn(CC(=O)N(c3cnc4ccccc4c3)[C@@H](C(=O)NC3CCCC3)c3ccccn3)n2)cc1. The van der Waals surface area contributed by atoms with Crippen molar-refractivity contribution in [1.82, 2.24) is 35.5 Å². The highest BCUT2D eigenvalue weighted by Gasteiger charge is 2.36. The first-order valence-corrected chi connectivity index (χ1v) is 13.9. The molecule has 0 saturated heterocycles. The zero-order valence-electron chi connectivity index (χ0n) is 23.1. The maximum absolute atomic E-state index is 14.2. The normalized spacial score (nSPS) is 14.0. The van der Waals surface area contributed by atoms with Gasteiger partial charge in [-0.3, -0.25) is 24.5 Å². The quantitative estimate of drug-likeness (QED) is 0.284. The highest BCUT2D eigenvalue weighted by Crippen LogP contribution is 2.30. The van der Waals surface area contributed by atoms with E-state index in [0.717, 1.165) is 42.1 Å². The molecule has 1 aliphatic rings. The van der Waals surface area contributed by atoms with Gasteiger partial charge in [0.25, 0.3) is 5.91 Å². The third kappa shape index (κ3) is 5.80. The Morgan fingerprint density at radius 3 is 2.57 bits per heavy atom. The summed E-state index contributed by atoms with van der Waals surface area (Å²) in [5, 5.41) is 16.7. The number of ether oxygens (including phenoxy) is 1. The van der Waals surface area contributed by atoms with Crippen LogP contribution < -0.4 is 15.0 Å². The summed E-state index contributed by atoms with van der Waals surface area (Å²) in [6.45, 7) is -0.254. The second kappa shape index (κ2) is 12.1. The zero-order valence-corrected chi connectivity index (χ0v) is 23.1. The van der Waals surface area contributed by atoms with Crippen molar-refractivity contribution in [1.29, 1.82) is 0 Å². The van der Waals surface area contributed by atoms with Crippen LogP contribution in [0.5, 0.6) is 5.75 Å². The molecule has 1 atom stereocenters. The van der Waals surface area contributed by atoms with Crippen molar-refractivity contribution in [2.24, 2.45) is 0 Å². The number of methoxy groups -OCH3 is 1. The van der Waals surface area contributed by atoms with Crippen molar-refractivity contribution in [3.63, 3.8) is 0 Å². The Labute approximate surface area is 242 Å². The van der Waals surface area contributed by atoms with Gasteiger partial charge in [-0.15, -0.1) is 10.2 Å². The van der Waals surface area contributed by atoms with Gasteiger partial charge in [0.1, 0.15) is 12.3 Å². The van der Waals surface area contributed by atoms with E-state index in [1.165, 1.54) is 9.70 Å². The van der Waals surface area contributed by atoms with Gasteiger partial charge in [-0.1, -0.05) is 37.1 Å². The average Bonchev–Trinajstić information content (AvgIpc) is 3.72. The number of carbonyl (C=O) groups is 2. The predicted molar refractivity (Wildman–Crippen MR) is 156 cm³/mol. The molecule has 0 bridgehead atoms. The zero-order chi connectivity index (χ0) is 28.9. The predicted octanol–water partition coefficient (Wildman–Crippen LogP) is 4.13. The van der Waals surface area contributed by atoms with Crippen LogP contribution in [0.1, 0.15) is 37.4 Å². The molecule has 2 amide bonds. The van der Waals surface area contributed by atoms with Crippen molar-refractivity contribution < 1.29 is 14.3 Å². The maximum atomic E-state index is 14.2. The van der Waals surface area contributed by atoms with Gasteiger partial charge in [-0.05, 0) is 66.6 Å². The standard InChI is InChI=1S/C31H30N8O3/c1-42-25-15-13-21(14-16-25)30-35-37-38(36-30)20-28(40)39(24-18-22-8-2-5-11-26(22)33-19-24)29(27-12-6-7-17-32-27)31(41)34-23-9-3-4-10-23/h2,5-8,11-19,23,29H,3-4,9-10,20H2,1H3,(H,34,41)/t29-/m1/s1. The van der Waals surface area contributed by atoms with Gasteiger partial charge in [0.15, 0.2) is 6.04 Å². The topological polar surface area (TPSA) is 128 Å². The van der Waals surface area contributed by atoms with E-state index >= 15 is 0 Å². The van der Waals surface area contributed by atoms with Gasteiger partial charge >= 0.3 is 0 Å². The molecule has 1 fully saturated rings. The van der Waals surface area contributed by atoms with Crippen molar-refractivity contribution in [3.8, 4) is 17.1 Å². The van der Waals surface area contributed by atoms with Crippen LogP contribution in [0, 0.1) is 0 Å². The summed E-state index contributed by atoms with van der Waals surface area (Å²) in [4.78, 5) is 39.9. The van der Waals surface area contributed by atoms with Crippen LogP contribution in [0.25, 0.3) is 22.3 Å². The van der Waals surface area contributed by atoms with E-state index in [0.29, 0.717) is 23.0 Å². The lowest BCUT2D eigenvalue weighted by Crippen LogP contribution is -2.47. The first kappa shape index (κ1) is 27.0. The van der Waals surface area contributed by atoms with Crippen molar-refractivity contribution in [3.05, 3.63) is 90.9 Å². The molecule has 42 heavy (non-hydrogen) atoms. The van der Waals surface area contributed by atoms with E-state index < -0.39 is 11.9 Å². The number of amides is 2. The number of anilines is 1. The second-order valence-corrected chi connectivity index (χ2v) is 10.2. The first-order chi connectivity index (χ1) is 20.6. The molecule has 1 aliphatic carbocycles. The monoisotopic (exact) mass is 562 g/mol. The Morgan fingerprint density at radius 1 is 1.02 bits per heavy atom. The van der Waals surface area contributed by atoms with Crippen molar-refractivity contribution in [2.45, 2.75) is 44.3 Å². The van der Waals surface area contributed by atoms with Gasteiger partial charge in [-0.25, -0.2) is 0 Å². The van der Waals surface area contributed by atoms with Gasteiger partial charge < -0.3 is 10.1 Å². The largest absolute Gasteiger partial charge is 0.497 e. The number of rotatable bonds is 9. The Morgan fingerprint density at radius 2 is 1.81 bits per heavy atom. The van der Waals surface area contributed by atoms with E-state index in [1.807, 2.05) is 42.5 Å². The molecular weight excluding hydrogens is 532 g/mol. The lowest BCUT2D eigenvalue weighted by molar-refractivity contribution is -0.127. The van der Waals surface area contributed by atoms with Crippen molar-refractivity contribution >= 4 is 28.4 Å². The van der Waals surface area contributed by atoms with Gasteiger partial charge in [0.2, 0.25) is 11.7 Å². The molecule has 2 aromatic carbocycles. The van der Waals surface area contributed by atoms with Crippen LogP contribution in [-0.4, -0.2) is 55.1 Å². The van der Waals surface area contributed by atoms with Gasteiger partial charge in [0.05, 0.1) is 30.2 Å². The fraction of sp³-hybridized carbons (Fsp3) is 0.258. The molecule has 3 heterocycles. The molecule has 0 unspecified atom stereocenters. The fourth-order valence-electron chi connectivity index (χ4n) is 5.26. The third-order valence-electron chi connectivity index (χ3n) is 7.38. The molecule has 0 aliphatic heterocycles. The molecule has 1 saturated carbocycles. The maximum Gasteiger partial charge on any atom is 0.251 e. The van der Waals surface area contributed by atoms with E-state index in [4.69, 9.17) is 4.74 Å². The van der Waals surface area contributed by atoms with Crippen LogP contribution in [0.2, 0.25) is 0 Å². The van der Waals surface area contributed by atoms with Crippen LogP contribution in [0.4, 0.5) is 5.69 Å². The number of hydrogen-bond donors (Lipinski definition) is 1. The number of carbonyl (C=O) groups excluding carboxylic acids is 2. The van der Waals surface area contributed by atoms with Crippen LogP contribution >= 0.6 is 0 Å². The van der Waals surface area contributed by atoms with E-state index in [2.05, 4.69) is 30.7 Å². The van der Waals surface area contributed by atoms with Crippen LogP contribution in [0.3, 0.4) is 0 Å². The minimum atomic E-state index is -1.04. The number of pyridine rings is 2. The first-order valence-electron chi connectivity index (χ1n) is 13.9. The summed E-state index contributed by atoms with van der Waals surface area (Å²) in [6, 6.07) is 21.1. The molecule has 11 nitrogen and oxygen atoms in total. The minimum absolute atomic E-state index is 0.0550. The molecule has 1 N–H and O–H groups in total. The number of para-hydroxylation sites is 1. The summed E-state index contributed by atoms with van der Waals surface area (Å²) in [7, 11) is 1.60. The second-order valence-electron chi connectivity index (χ2n) is 10.2. The molecule has 6 rings (SSSR count). The summed E-state index contributed by atoms with van der Waals surface area (Å²) in [5.41, 5.74) is 2.42. The number of fused-ring (bicyclic) bond motifs is 1. The highest BCUT2D eigenvalue weighted by molar-refractivity contribution is 6.02. The molecule has 0 spiro atoms.